The molecule has 2 aliphatic rings. The van der Waals surface area contributed by atoms with Crippen molar-refractivity contribution < 1.29 is 5.11 Å². The largest absolute Gasteiger partial charge is 0.389 e. The van der Waals surface area contributed by atoms with E-state index in [1.165, 1.54) is 24.9 Å². The number of piperidine rings is 1. The molecule has 0 spiro atoms. The second-order valence-corrected chi connectivity index (χ2v) is 5.92. The lowest BCUT2D eigenvalue weighted by Crippen LogP contribution is -2.56. The van der Waals surface area contributed by atoms with E-state index in [1.807, 2.05) is 12.4 Å². The van der Waals surface area contributed by atoms with Crippen LogP contribution in [0.15, 0.2) is 24.5 Å². The summed E-state index contributed by atoms with van der Waals surface area (Å²) in [5.74, 6) is 0.900. The molecule has 18 heavy (non-hydrogen) atoms. The van der Waals surface area contributed by atoms with Gasteiger partial charge in [0.25, 0.3) is 0 Å². The molecule has 2 fully saturated rings. The van der Waals surface area contributed by atoms with Gasteiger partial charge in [-0.15, -0.1) is 0 Å². The van der Waals surface area contributed by atoms with Crippen molar-refractivity contribution in [3.8, 4) is 0 Å². The van der Waals surface area contributed by atoms with Gasteiger partial charge in [-0.2, -0.15) is 0 Å². The first-order valence-electron chi connectivity index (χ1n) is 7.07. The zero-order chi connectivity index (χ0) is 12.6. The maximum absolute atomic E-state index is 10.9. The zero-order valence-electron chi connectivity index (χ0n) is 11.0. The summed E-state index contributed by atoms with van der Waals surface area (Å²) in [6.07, 6.45) is 8.32. The van der Waals surface area contributed by atoms with Crippen molar-refractivity contribution in [2.24, 2.45) is 11.8 Å². The second-order valence-electron chi connectivity index (χ2n) is 5.92. The van der Waals surface area contributed by atoms with Gasteiger partial charge in [-0.25, -0.2) is 0 Å². The number of hydrogen-bond donors (Lipinski definition) is 1. The van der Waals surface area contributed by atoms with Gasteiger partial charge >= 0.3 is 0 Å². The fourth-order valence-electron chi connectivity index (χ4n) is 3.44. The molecule has 0 unspecified atom stereocenters. The molecular weight excluding hydrogens is 224 g/mol. The molecule has 3 rings (SSSR count). The molecule has 1 saturated heterocycles. The molecule has 2 atom stereocenters. The number of aliphatic hydroxyl groups is 1. The fourth-order valence-corrected chi connectivity index (χ4v) is 3.44. The lowest BCUT2D eigenvalue weighted by Gasteiger charge is -2.51. The number of anilines is 1. The van der Waals surface area contributed by atoms with Crippen LogP contribution in [-0.4, -0.2) is 28.8 Å². The summed E-state index contributed by atoms with van der Waals surface area (Å²) in [7, 11) is 0. The Labute approximate surface area is 109 Å². The Balaban J connectivity index is 1.71. The Bertz CT molecular complexity index is 404. The quantitative estimate of drug-likeness (QED) is 0.871. The summed E-state index contributed by atoms with van der Waals surface area (Å²) in [5, 5.41) is 10.9. The van der Waals surface area contributed by atoms with E-state index >= 15 is 0 Å². The highest BCUT2D eigenvalue weighted by molar-refractivity contribution is 5.45. The lowest BCUT2D eigenvalue weighted by molar-refractivity contribution is -0.102. The number of nitrogens with zero attached hydrogens (tertiary/aromatic N) is 2. The number of hydrogen-bond acceptors (Lipinski definition) is 3. The van der Waals surface area contributed by atoms with Crippen LogP contribution < -0.4 is 4.90 Å². The molecule has 0 amide bonds. The average Bonchev–Trinajstić information content (AvgIpc) is 2.32. The molecule has 1 N–H and O–H groups in total. The molecule has 1 saturated carbocycles. The lowest BCUT2D eigenvalue weighted by atomic mass is 9.65. The van der Waals surface area contributed by atoms with Gasteiger partial charge < -0.3 is 10.0 Å². The van der Waals surface area contributed by atoms with Crippen molar-refractivity contribution in [3.63, 3.8) is 0 Å². The predicted molar refractivity (Wildman–Crippen MR) is 72.5 cm³/mol. The van der Waals surface area contributed by atoms with Gasteiger partial charge in [-0.05, 0) is 37.3 Å². The molecule has 0 aromatic carbocycles. The van der Waals surface area contributed by atoms with E-state index in [0.29, 0.717) is 11.8 Å². The minimum atomic E-state index is -0.415. The minimum Gasteiger partial charge on any atom is -0.389 e. The van der Waals surface area contributed by atoms with Crippen molar-refractivity contribution in [1.29, 1.82) is 0 Å². The topological polar surface area (TPSA) is 36.4 Å². The van der Waals surface area contributed by atoms with Crippen molar-refractivity contribution in [2.45, 2.75) is 38.2 Å². The molecular formula is C15H22N2O. The molecule has 0 bridgehead atoms. The monoisotopic (exact) mass is 246 g/mol. The molecule has 98 valence electrons. The molecule has 3 nitrogen and oxygen atoms in total. The number of pyridine rings is 1. The molecule has 1 aromatic rings. The normalized spacial score (nSPS) is 33.2. The van der Waals surface area contributed by atoms with E-state index in [2.05, 4.69) is 28.9 Å². The first-order valence-corrected chi connectivity index (χ1v) is 7.07. The summed E-state index contributed by atoms with van der Waals surface area (Å²) in [6, 6.07) is 4.11. The average molecular weight is 246 g/mol. The van der Waals surface area contributed by atoms with E-state index in [9.17, 15) is 5.11 Å². The van der Waals surface area contributed by atoms with Crippen LogP contribution in [0.5, 0.6) is 0 Å². The van der Waals surface area contributed by atoms with Crippen molar-refractivity contribution in [2.75, 3.05) is 18.0 Å². The summed E-state index contributed by atoms with van der Waals surface area (Å²) < 4.78 is 0. The molecule has 1 aliphatic carbocycles. The standard InChI is InChI=1S/C15H22N2O/c1-12-11-17(14-5-8-16-9-6-14)10-7-15(12,18)13-3-2-4-13/h5-6,8-9,12-13,18H,2-4,7,10-11H2,1H3/t12-,15+/m1/s1. The molecule has 0 radical (unpaired) electrons. The van der Waals surface area contributed by atoms with Crippen LogP contribution in [0, 0.1) is 11.8 Å². The third-order valence-electron chi connectivity index (χ3n) is 4.97. The molecule has 3 heteroatoms. The Hall–Kier alpha value is -1.09. The second kappa shape index (κ2) is 4.54. The molecule has 2 heterocycles. The molecule has 1 aromatic heterocycles. The maximum atomic E-state index is 10.9. The van der Waals surface area contributed by atoms with Crippen LogP contribution >= 0.6 is 0 Å². The summed E-state index contributed by atoms with van der Waals surface area (Å²) in [5.41, 5.74) is 0.814. The van der Waals surface area contributed by atoms with Gasteiger partial charge in [0.2, 0.25) is 0 Å². The van der Waals surface area contributed by atoms with E-state index < -0.39 is 5.60 Å². The van der Waals surface area contributed by atoms with E-state index in [4.69, 9.17) is 0 Å². The van der Waals surface area contributed by atoms with Crippen molar-refractivity contribution >= 4 is 5.69 Å². The Morgan fingerprint density at radius 2 is 2.06 bits per heavy atom. The van der Waals surface area contributed by atoms with Crippen molar-refractivity contribution in [1.82, 2.24) is 4.98 Å². The van der Waals surface area contributed by atoms with Crippen LogP contribution in [0.2, 0.25) is 0 Å². The van der Waals surface area contributed by atoms with Crippen LogP contribution in [0.1, 0.15) is 32.6 Å². The number of rotatable bonds is 2. The highest BCUT2D eigenvalue weighted by Gasteiger charge is 2.46. The van der Waals surface area contributed by atoms with E-state index in [-0.39, 0.29) is 0 Å². The van der Waals surface area contributed by atoms with E-state index in [0.717, 1.165) is 19.5 Å². The Kier molecular flexibility index (Phi) is 3.02. The van der Waals surface area contributed by atoms with Gasteiger partial charge in [-0.1, -0.05) is 13.3 Å². The molecule has 1 aliphatic heterocycles. The third-order valence-corrected chi connectivity index (χ3v) is 4.97. The zero-order valence-corrected chi connectivity index (χ0v) is 11.0. The van der Waals surface area contributed by atoms with E-state index in [1.54, 1.807) is 0 Å². The highest BCUT2D eigenvalue weighted by atomic mass is 16.3. The van der Waals surface area contributed by atoms with Gasteiger partial charge in [0.15, 0.2) is 0 Å². The Morgan fingerprint density at radius 1 is 1.33 bits per heavy atom. The smallest absolute Gasteiger partial charge is 0.0734 e. The fraction of sp³-hybridized carbons (Fsp3) is 0.667. The van der Waals surface area contributed by atoms with Gasteiger partial charge in [0.05, 0.1) is 5.60 Å². The van der Waals surface area contributed by atoms with Crippen molar-refractivity contribution in [3.05, 3.63) is 24.5 Å². The third kappa shape index (κ3) is 1.91. The Morgan fingerprint density at radius 3 is 2.61 bits per heavy atom. The van der Waals surface area contributed by atoms with Crippen LogP contribution in [0.3, 0.4) is 0 Å². The summed E-state index contributed by atoms with van der Waals surface area (Å²) >= 11 is 0. The van der Waals surface area contributed by atoms with Gasteiger partial charge in [0.1, 0.15) is 0 Å². The summed E-state index contributed by atoms with van der Waals surface area (Å²) in [6.45, 7) is 4.12. The van der Waals surface area contributed by atoms with Gasteiger partial charge in [0, 0.05) is 37.1 Å². The van der Waals surface area contributed by atoms with Gasteiger partial charge in [-0.3, -0.25) is 4.98 Å². The highest BCUT2D eigenvalue weighted by Crippen LogP contribution is 2.44. The minimum absolute atomic E-state index is 0.352. The predicted octanol–water partition coefficient (Wildman–Crippen LogP) is 2.46. The SMILES string of the molecule is C[C@@H]1CN(c2ccncc2)CC[C@@]1(O)C1CCC1. The first kappa shape index (κ1) is 12.0. The summed E-state index contributed by atoms with van der Waals surface area (Å²) in [4.78, 5) is 6.44. The van der Waals surface area contributed by atoms with Crippen LogP contribution in [0.4, 0.5) is 5.69 Å². The maximum Gasteiger partial charge on any atom is 0.0734 e. The van der Waals surface area contributed by atoms with Crippen LogP contribution in [0.25, 0.3) is 0 Å². The number of aromatic nitrogens is 1. The first-order chi connectivity index (χ1) is 8.70. The van der Waals surface area contributed by atoms with Crippen LogP contribution in [-0.2, 0) is 0 Å².